The number of alkyl halides is 3. The second-order valence-corrected chi connectivity index (χ2v) is 4.91. The minimum absolute atomic E-state index is 0.186. The van der Waals surface area contributed by atoms with Gasteiger partial charge in [-0.15, -0.1) is 0 Å². The molecule has 1 saturated heterocycles. The number of anilines is 1. The van der Waals surface area contributed by atoms with Crippen molar-refractivity contribution in [2.75, 3.05) is 24.5 Å². The first kappa shape index (κ1) is 12.5. The van der Waals surface area contributed by atoms with E-state index in [2.05, 4.69) is 15.2 Å². The molecule has 1 aromatic heterocycles. The summed E-state index contributed by atoms with van der Waals surface area (Å²) in [6, 6.07) is 1.39. The van der Waals surface area contributed by atoms with Gasteiger partial charge in [0, 0.05) is 31.4 Å². The fraction of sp³-hybridized carbons (Fsp3) is 0.462. The van der Waals surface area contributed by atoms with Crippen LogP contribution in [0.2, 0.25) is 0 Å². The third kappa shape index (κ3) is 2.10. The van der Waals surface area contributed by atoms with Crippen LogP contribution in [0.3, 0.4) is 0 Å². The highest BCUT2D eigenvalue weighted by Crippen LogP contribution is 2.37. The van der Waals surface area contributed by atoms with Crippen molar-refractivity contribution in [1.82, 2.24) is 10.3 Å². The van der Waals surface area contributed by atoms with Gasteiger partial charge in [0.2, 0.25) is 0 Å². The molecule has 0 radical (unpaired) electrons. The van der Waals surface area contributed by atoms with Crippen molar-refractivity contribution < 1.29 is 13.2 Å². The average molecular weight is 269 g/mol. The molecule has 2 aliphatic heterocycles. The second-order valence-electron chi connectivity index (χ2n) is 4.91. The van der Waals surface area contributed by atoms with Crippen LogP contribution in [-0.2, 0) is 6.18 Å². The molecule has 3 nitrogen and oxygen atoms in total. The highest BCUT2D eigenvalue weighted by atomic mass is 19.4. The SMILES string of the molecule is CC1=CC2CNCCN2c2ncc(C(F)(F)F)cc21. The first-order valence-corrected chi connectivity index (χ1v) is 6.20. The van der Waals surface area contributed by atoms with Crippen LogP contribution in [0.5, 0.6) is 0 Å². The Bertz CT molecular complexity index is 536. The predicted octanol–water partition coefficient (Wildman–Crippen LogP) is 2.30. The van der Waals surface area contributed by atoms with E-state index in [0.29, 0.717) is 11.4 Å². The molecule has 0 spiro atoms. The fourth-order valence-corrected chi connectivity index (χ4v) is 2.65. The number of aromatic nitrogens is 1. The van der Waals surface area contributed by atoms with Crippen LogP contribution in [0.1, 0.15) is 18.1 Å². The molecule has 1 aromatic rings. The Labute approximate surface area is 109 Å². The Kier molecular flexibility index (Phi) is 2.78. The number of hydrogen-bond acceptors (Lipinski definition) is 3. The third-order valence-electron chi connectivity index (χ3n) is 3.62. The van der Waals surface area contributed by atoms with Gasteiger partial charge in [-0.3, -0.25) is 0 Å². The van der Waals surface area contributed by atoms with Gasteiger partial charge in [-0.2, -0.15) is 13.2 Å². The molecular formula is C13H14F3N3. The summed E-state index contributed by atoms with van der Waals surface area (Å²) in [5.74, 6) is 0.666. The smallest absolute Gasteiger partial charge is 0.347 e. The Morgan fingerprint density at radius 1 is 1.42 bits per heavy atom. The normalized spacial score (nSPS) is 22.6. The van der Waals surface area contributed by atoms with Crippen molar-refractivity contribution in [2.45, 2.75) is 19.1 Å². The van der Waals surface area contributed by atoms with E-state index in [1.165, 1.54) is 6.07 Å². The molecule has 0 bridgehead atoms. The quantitative estimate of drug-likeness (QED) is 0.783. The largest absolute Gasteiger partial charge is 0.417 e. The van der Waals surface area contributed by atoms with Crippen molar-refractivity contribution in [3.05, 3.63) is 29.5 Å². The maximum absolute atomic E-state index is 12.7. The Hall–Kier alpha value is -1.56. The molecule has 1 N–H and O–H groups in total. The zero-order chi connectivity index (χ0) is 13.6. The van der Waals surface area contributed by atoms with Crippen LogP contribution in [0, 0.1) is 0 Å². The zero-order valence-electron chi connectivity index (χ0n) is 10.5. The minimum Gasteiger partial charge on any atom is -0.347 e. The number of allylic oxidation sites excluding steroid dienone is 1. The second kappa shape index (κ2) is 4.23. The third-order valence-corrected chi connectivity index (χ3v) is 3.62. The highest BCUT2D eigenvalue weighted by molar-refractivity contribution is 5.78. The first-order valence-electron chi connectivity index (χ1n) is 6.20. The fourth-order valence-electron chi connectivity index (χ4n) is 2.65. The Morgan fingerprint density at radius 2 is 2.21 bits per heavy atom. The molecule has 19 heavy (non-hydrogen) atoms. The van der Waals surface area contributed by atoms with Crippen LogP contribution in [0.25, 0.3) is 5.57 Å². The van der Waals surface area contributed by atoms with E-state index in [0.717, 1.165) is 31.4 Å². The van der Waals surface area contributed by atoms with E-state index < -0.39 is 11.7 Å². The van der Waals surface area contributed by atoms with Gasteiger partial charge in [0.15, 0.2) is 0 Å². The summed E-state index contributed by atoms with van der Waals surface area (Å²) in [7, 11) is 0. The molecular weight excluding hydrogens is 255 g/mol. The maximum Gasteiger partial charge on any atom is 0.417 e. The van der Waals surface area contributed by atoms with Gasteiger partial charge in [-0.05, 0) is 18.6 Å². The van der Waals surface area contributed by atoms with E-state index in [4.69, 9.17) is 0 Å². The molecule has 2 aliphatic rings. The number of nitrogens with zero attached hydrogens (tertiary/aromatic N) is 2. The monoisotopic (exact) mass is 269 g/mol. The van der Waals surface area contributed by atoms with Gasteiger partial charge in [-0.25, -0.2) is 4.98 Å². The molecule has 6 heteroatoms. The van der Waals surface area contributed by atoms with Crippen molar-refractivity contribution in [3.63, 3.8) is 0 Å². The van der Waals surface area contributed by atoms with E-state index in [1.54, 1.807) is 0 Å². The molecule has 1 atom stereocenters. The number of rotatable bonds is 0. The summed E-state index contributed by atoms with van der Waals surface area (Å²) in [5.41, 5.74) is 0.763. The van der Waals surface area contributed by atoms with Gasteiger partial charge >= 0.3 is 6.18 Å². The number of piperazine rings is 1. The summed E-state index contributed by atoms with van der Waals surface area (Å²) in [5, 5.41) is 3.28. The maximum atomic E-state index is 12.7. The topological polar surface area (TPSA) is 28.2 Å². The van der Waals surface area contributed by atoms with Crippen molar-refractivity contribution in [2.24, 2.45) is 0 Å². The first-order chi connectivity index (χ1) is 8.97. The number of halogens is 3. The molecule has 0 aliphatic carbocycles. The average Bonchev–Trinajstić information content (AvgIpc) is 2.37. The summed E-state index contributed by atoms with van der Waals surface area (Å²) < 4.78 is 38.2. The van der Waals surface area contributed by atoms with Crippen LogP contribution in [0.4, 0.5) is 19.0 Å². The molecule has 0 amide bonds. The summed E-state index contributed by atoms with van der Waals surface area (Å²) >= 11 is 0. The molecule has 1 unspecified atom stereocenters. The zero-order valence-corrected chi connectivity index (χ0v) is 10.5. The number of fused-ring (bicyclic) bond motifs is 3. The van der Waals surface area contributed by atoms with Gasteiger partial charge in [0.1, 0.15) is 5.82 Å². The molecule has 1 fully saturated rings. The molecule has 3 heterocycles. The lowest BCUT2D eigenvalue weighted by Gasteiger charge is -2.39. The molecule has 3 rings (SSSR count). The van der Waals surface area contributed by atoms with Gasteiger partial charge < -0.3 is 10.2 Å². The molecule has 0 aromatic carbocycles. The van der Waals surface area contributed by atoms with Crippen LogP contribution in [0.15, 0.2) is 18.3 Å². The van der Waals surface area contributed by atoms with E-state index >= 15 is 0 Å². The van der Waals surface area contributed by atoms with Crippen LogP contribution in [-0.4, -0.2) is 30.7 Å². The predicted molar refractivity (Wildman–Crippen MR) is 66.9 cm³/mol. The van der Waals surface area contributed by atoms with Crippen molar-refractivity contribution in [3.8, 4) is 0 Å². The lowest BCUT2D eigenvalue weighted by Crippen LogP contribution is -2.52. The summed E-state index contributed by atoms with van der Waals surface area (Å²) in [6.07, 6.45) is -1.41. The number of hydrogen-bond donors (Lipinski definition) is 1. The lowest BCUT2D eigenvalue weighted by molar-refractivity contribution is -0.137. The Balaban J connectivity index is 2.07. The van der Waals surface area contributed by atoms with E-state index in [-0.39, 0.29) is 6.04 Å². The minimum atomic E-state index is -4.34. The van der Waals surface area contributed by atoms with Crippen molar-refractivity contribution >= 4 is 11.4 Å². The van der Waals surface area contributed by atoms with Crippen LogP contribution < -0.4 is 10.2 Å². The van der Waals surface area contributed by atoms with Gasteiger partial charge in [-0.1, -0.05) is 6.08 Å². The van der Waals surface area contributed by atoms with E-state index in [9.17, 15) is 13.2 Å². The summed E-state index contributed by atoms with van der Waals surface area (Å²) in [6.45, 7) is 4.23. The van der Waals surface area contributed by atoms with E-state index in [1.807, 2.05) is 13.0 Å². The van der Waals surface area contributed by atoms with Crippen molar-refractivity contribution in [1.29, 1.82) is 0 Å². The lowest BCUT2D eigenvalue weighted by atomic mass is 9.97. The highest BCUT2D eigenvalue weighted by Gasteiger charge is 2.34. The number of nitrogens with one attached hydrogen (secondary N) is 1. The number of pyridine rings is 1. The summed E-state index contributed by atoms with van der Waals surface area (Å²) in [4.78, 5) is 6.13. The Morgan fingerprint density at radius 3 is 2.95 bits per heavy atom. The molecule has 0 saturated carbocycles. The van der Waals surface area contributed by atoms with Gasteiger partial charge in [0.05, 0.1) is 11.6 Å². The molecule has 102 valence electrons. The van der Waals surface area contributed by atoms with Crippen LogP contribution >= 0.6 is 0 Å². The van der Waals surface area contributed by atoms with Gasteiger partial charge in [0.25, 0.3) is 0 Å². The standard InChI is InChI=1S/C13H14F3N3/c1-8-4-10-7-17-2-3-19(10)12-11(8)5-9(6-18-12)13(14,15)16/h4-6,10,17H,2-3,7H2,1H3.